The van der Waals surface area contributed by atoms with Crippen LogP contribution in [0.2, 0.25) is 0 Å². The van der Waals surface area contributed by atoms with Gasteiger partial charge in [-0.15, -0.1) is 0 Å². The summed E-state index contributed by atoms with van der Waals surface area (Å²) in [6.45, 7) is 19.7. The fourth-order valence-corrected chi connectivity index (χ4v) is 8.70. The highest BCUT2D eigenvalue weighted by Crippen LogP contribution is 2.37. The van der Waals surface area contributed by atoms with Crippen molar-refractivity contribution >= 4 is 33.7 Å². The third kappa shape index (κ3) is 10.4. The number of allylic oxidation sites excluding steroid dienone is 7. The predicted molar refractivity (Wildman–Crippen MR) is 286 cm³/mol. The Balaban J connectivity index is 0.000000179. The molecule has 0 saturated heterocycles. The lowest BCUT2D eigenvalue weighted by molar-refractivity contribution is 1.26. The number of aliphatic imine (C=N–C) groups is 1. The lowest BCUT2D eigenvalue weighted by Gasteiger charge is -2.17. The summed E-state index contributed by atoms with van der Waals surface area (Å²) in [5, 5.41) is 0. The Morgan fingerprint density at radius 2 is 1.00 bits per heavy atom. The van der Waals surface area contributed by atoms with Crippen molar-refractivity contribution < 1.29 is 0 Å². The Hall–Kier alpha value is -7.87. The molecule has 8 aromatic carbocycles. The molecule has 1 heteroatoms. The van der Waals surface area contributed by atoms with Crippen molar-refractivity contribution in [2.75, 3.05) is 0 Å². The number of hydrogen-bond donors (Lipinski definition) is 0. The first-order valence-electron chi connectivity index (χ1n) is 22.8. The zero-order valence-electron chi connectivity index (χ0n) is 38.9. The van der Waals surface area contributed by atoms with Crippen molar-refractivity contribution in [3.8, 4) is 22.3 Å². The second kappa shape index (κ2) is 20.8. The van der Waals surface area contributed by atoms with Crippen LogP contribution in [0.1, 0.15) is 70.8 Å². The SMILES string of the molecule is C=C(/C=C(\C(C)=C(/C)c1ccccc1)c1ccccc1C)c1cccc(-c2ccccc2)c1.C=C(N=C1/C(=C(\C)c2cccc(-c3cccc(C)c3)c2)Cc2ccccc21)c1ccccc1. The van der Waals surface area contributed by atoms with Crippen LogP contribution in [0.3, 0.4) is 0 Å². The Kier molecular flexibility index (Phi) is 14.1. The van der Waals surface area contributed by atoms with Crippen LogP contribution in [0.4, 0.5) is 0 Å². The Morgan fingerprint density at radius 3 is 1.68 bits per heavy atom. The van der Waals surface area contributed by atoms with E-state index in [0.717, 1.165) is 34.5 Å². The van der Waals surface area contributed by atoms with Gasteiger partial charge in [0.2, 0.25) is 0 Å². The molecule has 322 valence electrons. The van der Waals surface area contributed by atoms with Gasteiger partial charge in [0, 0.05) is 12.0 Å². The summed E-state index contributed by atoms with van der Waals surface area (Å²) in [6, 6.07) is 74.6. The third-order valence-electron chi connectivity index (χ3n) is 12.6. The van der Waals surface area contributed by atoms with Crippen molar-refractivity contribution in [3.63, 3.8) is 0 Å². The minimum Gasteiger partial charge on any atom is -0.248 e. The van der Waals surface area contributed by atoms with Gasteiger partial charge in [0.15, 0.2) is 0 Å². The molecule has 0 heterocycles. The van der Waals surface area contributed by atoms with Gasteiger partial charge in [0.25, 0.3) is 0 Å². The number of nitrogens with zero attached hydrogens (tertiary/aromatic N) is 1. The maximum absolute atomic E-state index is 5.07. The van der Waals surface area contributed by atoms with E-state index in [4.69, 9.17) is 4.99 Å². The van der Waals surface area contributed by atoms with E-state index in [-0.39, 0.29) is 0 Å². The Bertz CT molecular complexity index is 3160. The van der Waals surface area contributed by atoms with Gasteiger partial charge in [-0.05, 0) is 147 Å². The Morgan fingerprint density at radius 1 is 0.485 bits per heavy atom. The molecule has 0 fully saturated rings. The monoisotopic (exact) mass is 851 g/mol. The summed E-state index contributed by atoms with van der Waals surface area (Å²) >= 11 is 0. The van der Waals surface area contributed by atoms with Gasteiger partial charge in [0.1, 0.15) is 0 Å². The summed E-state index contributed by atoms with van der Waals surface area (Å²) in [5.41, 5.74) is 25.0. The first kappa shape index (κ1) is 44.7. The zero-order chi connectivity index (χ0) is 46.0. The van der Waals surface area contributed by atoms with Crippen LogP contribution in [0.5, 0.6) is 0 Å². The number of hydrogen-bond acceptors (Lipinski definition) is 1. The number of benzene rings is 8. The lowest BCUT2D eigenvalue weighted by atomic mass is 9.88. The molecule has 9 rings (SSSR count). The van der Waals surface area contributed by atoms with Crippen molar-refractivity contribution in [1.82, 2.24) is 0 Å². The van der Waals surface area contributed by atoms with Crippen LogP contribution in [0, 0.1) is 13.8 Å². The van der Waals surface area contributed by atoms with Gasteiger partial charge in [-0.25, -0.2) is 4.99 Å². The molecule has 1 aliphatic rings. The van der Waals surface area contributed by atoms with Crippen molar-refractivity contribution in [1.29, 1.82) is 0 Å². The molecular weight excluding hydrogens is 795 g/mol. The van der Waals surface area contributed by atoms with Gasteiger partial charge < -0.3 is 0 Å². The second-order valence-electron chi connectivity index (χ2n) is 17.1. The topological polar surface area (TPSA) is 12.4 Å². The molecule has 0 saturated carbocycles. The smallest absolute Gasteiger partial charge is 0.0750 e. The molecule has 0 spiro atoms. The molecule has 0 N–H and O–H groups in total. The Labute approximate surface area is 392 Å². The van der Waals surface area contributed by atoms with Gasteiger partial charge in [0.05, 0.1) is 11.4 Å². The quantitative estimate of drug-likeness (QED) is 0.122. The van der Waals surface area contributed by atoms with E-state index in [2.05, 4.69) is 242 Å². The van der Waals surface area contributed by atoms with Crippen molar-refractivity contribution in [2.45, 2.75) is 41.0 Å². The van der Waals surface area contributed by atoms with E-state index in [9.17, 15) is 0 Å². The fraction of sp³-hybridized carbons (Fsp3) is 0.0923. The minimum absolute atomic E-state index is 0.793. The van der Waals surface area contributed by atoms with Crippen molar-refractivity contribution in [3.05, 3.63) is 293 Å². The largest absolute Gasteiger partial charge is 0.248 e. The molecule has 1 aliphatic carbocycles. The highest BCUT2D eigenvalue weighted by atomic mass is 14.8. The number of fused-ring (bicyclic) bond motifs is 1. The van der Waals surface area contributed by atoms with Gasteiger partial charge in [-0.3, -0.25) is 0 Å². The number of rotatable bonds is 10. The maximum atomic E-state index is 5.07. The summed E-state index contributed by atoms with van der Waals surface area (Å²) in [6.07, 6.45) is 3.13. The van der Waals surface area contributed by atoms with Crippen LogP contribution in [-0.4, -0.2) is 5.71 Å². The first-order chi connectivity index (χ1) is 32.1. The summed E-state index contributed by atoms with van der Waals surface area (Å²) in [7, 11) is 0. The standard InChI is InChI=1S/C33H30.C32H27N/c1-24-14-11-12-21-32(24)33(27(4)26(3)28-15-7-5-8-16-28)22-25(2)30-19-13-20-31(23-30)29-17-9-6-10-18-29;1-22-11-9-16-27(19-22)28-17-10-15-26(20-28)23(2)31-21-29-14-7-8-18-30(29)32(31)33-24(3)25-12-5-4-6-13-25/h5-23H,2H2,1,3-4H3;4-20H,3,21H2,1-2H3/b27-26+,33-22+;31-23+,33-32?. The molecule has 0 amide bonds. The molecular formula is C65H57N. The fourth-order valence-electron chi connectivity index (χ4n) is 8.70. The predicted octanol–water partition coefficient (Wildman–Crippen LogP) is 17.4. The minimum atomic E-state index is 0.793. The second-order valence-corrected chi connectivity index (χ2v) is 17.1. The van der Waals surface area contributed by atoms with E-state index >= 15 is 0 Å². The average Bonchev–Trinajstić information content (AvgIpc) is 3.74. The molecule has 0 aliphatic heterocycles. The van der Waals surface area contributed by atoms with Crippen LogP contribution in [-0.2, 0) is 6.42 Å². The van der Waals surface area contributed by atoms with Crippen LogP contribution >= 0.6 is 0 Å². The van der Waals surface area contributed by atoms with Crippen LogP contribution in [0.25, 0.3) is 50.2 Å². The summed E-state index contributed by atoms with van der Waals surface area (Å²) < 4.78 is 0. The normalized spacial score (nSPS) is 13.8. The first-order valence-corrected chi connectivity index (χ1v) is 22.8. The van der Waals surface area contributed by atoms with E-state index < -0.39 is 0 Å². The molecule has 0 bridgehead atoms. The highest BCUT2D eigenvalue weighted by molar-refractivity contribution is 6.21. The maximum Gasteiger partial charge on any atom is 0.0750 e. The van der Waals surface area contributed by atoms with E-state index in [1.807, 2.05) is 24.3 Å². The molecule has 66 heavy (non-hydrogen) atoms. The third-order valence-corrected chi connectivity index (χ3v) is 12.6. The zero-order valence-corrected chi connectivity index (χ0v) is 38.9. The molecule has 0 atom stereocenters. The van der Waals surface area contributed by atoms with Crippen LogP contribution in [0.15, 0.2) is 248 Å². The van der Waals surface area contributed by atoms with E-state index in [0.29, 0.717) is 0 Å². The van der Waals surface area contributed by atoms with E-state index in [1.165, 1.54) is 89.1 Å². The molecule has 8 aromatic rings. The molecule has 0 aromatic heterocycles. The number of aryl methyl sites for hydroxylation is 2. The summed E-state index contributed by atoms with van der Waals surface area (Å²) in [4.78, 5) is 5.07. The molecule has 0 radical (unpaired) electrons. The van der Waals surface area contributed by atoms with Crippen molar-refractivity contribution in [2.24, 2.45) is 4.99 Å². The molecule has 1 nitrogen and oxygen atoms in total. The van der Waals surface area contributed by atoms with Gasteiger partial charge >= 0.3 is 0 Å². The molecule has 0 unspecified atom stereocenters. The van der Waals surface area contributed by atoms with E-state index in [1.54, 1.807) is 0 Å². The highest BCUT2D eigenvalue weighted by Gasteiger charge is 2.25. The van der Waals surface area contributed by atoms with Gasteiger partial charge in [-0.2, -0.15) is 0 Å². The lowest BCUT2D eigenvalue weighted by Crippen LogP contribution is -2.02. The van der Waals surface area contributed by atoms with Gasteiger partial charge in [-0.1, -0.05) is 219 Å². The van der Waals surface area contributed by atoms with Crippen LogP contribution < -0.4 is 0 Å². The average molecular weight is 852 g/mol. The summed E-state index contributed by atoms with van der Waals surface area (Å²) in [5.74, 6) is 0.